The number of pyridine rings is 1. The number of benzene rings is 2. The fourth-order valence-corrected chi connectivity index (χ4v) is 6.19. The number of alkyl halides is 6. The molecule has 1 atom stereocenters. The average Bonchev–Trinajstić information content (AvgIpc) is 3.45. The van der Waals surface area contributed by atoms with Crippen LogP contribution >= 0.6 is 0 Å². The molecule has 4 aromatic rings. The predicted octanol–water partition coefficient (Wildman–Crippen LogP) is 6.18. The molecule has 0 amide bonds. The van der Waals surface area contributed by atoms with Crippen LogP contribution in [-0.4, -0.2) is 74.0 Å². The maximum Gasteiger partial charge on any atom is 0.433 e. The van der Waals surface area contributed by atoms with E-state index in [1.54, 1.807) is 0 Å². The zero-order valence-electron chi connectivity index (χ0n) is 24.5. The number of halogens is 6. The second-order valence-electron chi connectivity index (χ2n) is 11.9. The molecule has 0 bridgehead atoms. The molecular weight excluding hydrogens is 598 g/mol. The number of aliphatic hydroxyl groups is 1. The van der Waals surface area contributed by atoms with Gasteiger partial charge in [0.25, 0.3) is 0 Å². The number of piperazine rings is 1. The summed E-state index contributed by atoms with van der Waals surface area (Å²) in [5.41, 5.74) is 2.82. The van der Waals surface area contributed by atoms with Gasteiger partial charge in [-0.2, -0.15) is 26.3 Å². The number of hydrogen-bond donors (Lipinski definition) is 2. The van der Waals surface area contributed by atoms with Crippen molar-refractivity contribution in [2.75, 3.05) is 39.3 Å². The van der Waals surface area contributed by atoms with E-state index in [2.05, 4.69) is 36.9 Å². The average molecular weight is 633 g/mol. The molecule has 0 spiro atoms. The van der Waals surface area contributed by atoms with Crippen molar-refractivity contribution in [2.24, 2.45) is 0 Å². The van der Waals surface area contributed by atoms with Crippen molar-refractivity contribution in [1.29, 1.82) is 0 Å². The monoisotopic (exact) mass is 632 g/mol. The van der Waals surface area contributed by atoms with Gasteiger partial charge in [-0.05, 0) is 78.9 Å². The Kier molecular flexibility index (Phi) is 8.88. The highest BCUT2D eigenvalue weighted by Gasteiger charge is 2.33. The Hall–Kier alpha value is -3.52. The van der Waals surface area contributed by atoms with Crippen LogP contribution in [0.25, 0.3) is 11.0 Å². The van der Waals surface area contributed by atoms with Gasteiger partial charge in [0.1, 0.15) is 5.69 Å². The fraction of sp³-hybridized carbons (Fsp3) is 0.438. The third kappa shape index (κ3) is 7.49. The molecule has 2 aliphatic rings. The van der Waals surface area contributed by atoms with Gasteiger partial charge < -0.3 is 10.1 Å². The van der Waals surface area contributed by atoms with E-state index in [1.165, 1.54) is 30.0 Å². The summed E-state index contributed by atoms with van der Waals surface area (Å²) in [6.07, 6.45) is -6.56. The van der Waals surface area contributed by atoms with E-state index in [0.717, 1.165) is 66.3 Å². The van der Waals surface area contributed by atoms with Crippen LogP contribution in [0.2, 0.25) is 0 Å². The molecule has 2 N–H and O–H groups in total. The number of fused-ring (bicyclic) bond motifs is 1. The minimum absolute atomic E-state index is 0.339. The van der Waals surface area contributed by atoms with Gasteiger partial charge >= 0.3 is 12.4 Å². The van der Waals surface area contributed by atoms with Crippen molar-refractivity contribution in [2.45, 2.75) is 50.4 Å². The van der Waals surface area contributed by atoms with Gasteiger partial charge in [0.15, 0.2) is 12.1 Å². The molecular formula is C32H34F6N6O. The number of aromatic amines is 1. The predicted molar refractivity (Wildman–Crippen MR) is 156 cm³/mol. The highest BCUT2D eigenvalue weighted by Crippen LogP contribution is 2.32. The lowest BCUT2D eigenvalue weighted by molar-refractivity contribution is -0.141. The Bertz CT molecular complexity index is 1570. The Labute approximate surface area is 256 Å². The van der Waals surface area contributed by atoms with Gasteiger partial charge in [-0.1, -0.05) is 24.3 Å². The van der Waals surface area contributed by atoms with Gasteiger partial charge in [0.2, 0.25) is 0 Å². The summed E-state index contributed by atoms with van der Waals surface area (Å²) >= 11 is 0. The van der Waals surface area contributed by atoms with Crippen molar-refractivity contribution in [1.82, 2.24) is 29.7 Å². The van der Waals surface area contributed by atoms with E-state index in [1.807, 2.05) is 11.0 Å². The first kappa shape index (κ1) is 31.5. The van der Waals surface area contributed by atoms with E-state index in [-0.39, 0.29) is 0 Å². The number of nitrogens with one attached hydrogen (secondary N) is 1. The largest absolute Gasteiger partial charge is 0.433 e. The van der Waals surface area contributed by atoms with Crippen LogP contribution in [0, 0.1) is 0 Å². The normalized spacial score (nSPS) is 18.9. The molecule has 0 aliphatic carbocycles. The Morgan fingerprint density at radius 1 is 0.778 bits per heavy atom. The summed E-state index contributed by atoms with van der Waals surface area (Å²) in [6, 6.07) is 13.9. The summed E-state index contributed by atoms with van der Waals surface area (Å²) in [5, 5.41) is 11.1. The third-order valence-corrected chi connectivity index (χ3v) is 8.79. The van der Waals surface area contributed by atoms with E-state index in [4.69, 9.17) is 0 Å². The fourth-order valence-electron chi connectivity index (χ4n) is 6.19. The van der Waals surface area contributed by atoms with Gasteiger partial charge in [-0.25, -0.2) is 4.98 Å². The van der Waals surface area contributed by atoms with Crippen molar-refractivity contribution in [3.05, 3.63) is 94.6 Å². The maximum atomic E-state index is 12.8. The highest BCUT2D eigenvalue weighted by molar-refractivity contribution is 5.76. The van der Waals surface area contributed by atoms with Crippen molar-refractivity contribution >= 4 is 11.0 Å². The molecule has 1 unspecified atom stereocenters. The topological polar surface area (TPSA) is 71.5 Å². The van der Waals surface area contributed by atoms with Crippen LogP contribution in [0.1, 0.15) is 58.8 Å². The molecule has 2 aliphatic heterocycles. The number of H-pyrrole nitrogens is 1. The number of nitrogens with zero attached hydrogens (tertiary/aromatic N) is 5. The van der Waals surface area contributed by atoms with Crippen molar-refractivity contribution < 1.29 is 31.4 Å². The van der Waals surface area contributed by atoms with Crippen molar-refractivity contribution in [3.63, 3.8) is 0 Å². The zero-order chi connectivity index (χ0) is 31.8. The number of imidazole rings is 1. The first-order valence-electron chi connectivity index (χ1n) is 15.0. The number of rotatable bonds is 7. The Balaban J connectivity index is 1.00. The molecule has 2 aromatic heterocycles. The summed E-state index contributed by atoms with van der Waals surface area (Å²) in [7, 11) is 0. The van der Waals surface area contributed by atoms with Crippen LogP contribution in [-0.2, 0) is 25.4 Å². The first-order valence-corrected chi connectivity index (χ1v) is 15.0. The minimum atomic E-state index is -4.44. The molecule has 2 fully saturated rings. The second kappa shape index (κ2) is 12.7. The Morgan fingerprint density at radius 3 is 2.04 bits per heavy atom. The second-order valence-corrected chi connectivity index (χ2v) is 11.9. The number of hydrogen-bond acceptors (Lipinski definition) is 6. The van der Waals surface area contributed by atoms with E-state index < -0.39 is 29.8 Å². The summed E-state index contributed by atoms with van der Waals surface area (Å²) < 4.78 is 76.9. The number of piperidine rings is 1. The van der Waals surface area contributed by atoms with Gasteiger partial charge in [0, 0.05) is 45.5 Å². The van der Waals surface area contributed by atoms with E-state index in [0.29, 0.717) is 51.0 Å². The molecule has 6 rings (SSSR count). The van der Waals surface area contributed by atoms with Crippen LogP contribution in [0.4, 0.5) is 26.3 Å². The molecule has 0 saturated carbocycles. The third-order valence-electron chi connectivity index (χ3n) is 8.79. The van der Waals surface area contributed by atoms with Crippen LogP contribution in [0.5, 0.6) is 0 Å². The molecule has 13 heteroatoms. The minimum Gasteiger partial charge on any atom is -0.371 e. The van der Waals surface area contributed by atoms with Crippen LogP contribution in [0.15, 0.2) is 60.8 Å². The lowest BCUT2D eigenvalue weighted by Gasteiger charge is -2.36. The van der Waals surface area contributed by atoms with E-state index in [9.17, 15) is 31.4 Å². The molecule has 0 radical (unpaired) electrons. The standard InChI is InChI=1S/C32H34F6N6O/c33-31(34,35)25-5-1-21(2-6-25)19-43-13-15-44(16-14-43)30(45)29-40-26-7-4-24(17-27(26)41-29)23-9-11-42(12-10-23)20-22-3-8-28(39-18-22)32(36,37)38/h1-8,17-18,23,30,45H,9-16,19-20H2,(H,40,41). The highest BCUT2D eigenvalue weighted by atomic mass is 19.4. The van der Waals surface area contributed by atoms with Gasteiger partial charge in [-0.15, -0.1) is 0 Å². The van der Waals surface area contributed by atoms with Crippen molar-refractivity contribution in [3.8, 4) is 0 Å². The van der Waals surface area contributed by atoms with Gasteiger partial charge in [0.05, 0.1) is 16.6 Å². The van der Waals surface area contributed by atoms with Gasteiger partial charge in [-0.3, -0.25) is 19.7 Å². The lowest BCUT2D eigenvalue weighted by Crippen LogP contribution is -2.47. The Morgan fingerprint density at radius 2 is 1.42 bits per heavy atom. The molecule has 7 nitrogen and oxygen atoms in total. The summed E-state index contributed by atoms with van der Waals surface area (Å²) in [5.74, 6) is 0.809. The SMILES string of the molecule is OC(c1nc2ccc(C3CCN(Cc4ccc(C(F)(F)F)nc4)CC3)cc2[nH]1)N1CCN(Cc2ccc(C(F)(F)F)cc2)CC1. The van der Waals surface area contributed by atoms with Crippen LogP contribution < -0.4 is 0 Å². The molecule has 240 valence electrons. The number of likely N-dealkylation sites (tertiary alicyclic amines) is 1. The van der Waals surface area contributed by atoms with E-state index >= 15 is 0 Å². The van der Waals surface area contributed by atoms with Crippen LogP contribution in [0.3, 0.4) is 0 Å². The molecule has 2 saturated heterocycles. The quantitative estimate of drug-likeness (QED) is 0.237. The lowest BCUT2D eigenvalue weighted by atomic mass is 9.89. The first-order chi connectivity index (χ1) is 21.4. The summed E-state index contributed by atoms with van der Waals surface area (Å²) in [6.45, 7) is 5.25. The smallest absolute Gasteiger partial charge is 0.371 e. The molecule has 2 aromatic carbocycles. The number of aliphatic hydroxyl groups excluding tert-OH is 1. The summed E-state index contributed by atoms with van der Waals surface area (Å²) in [4.78, 5) is 17.8. The maximum absolute atomic E-state index is 12.8. The zero-order valence-corrected chi connectivity index (χ0v) is 24.5. The molecule has 4 heterocycles. The molecule has 45 heavy (non-hydrogen) atoms. The number of aromatic nitrogens is 3.